The Balaban J connectivity index is 1.83. The first kappa shape index (κ1) is 12.6. The monoisotopic (exact) mass is 264 g/mol. The Morgan fingerprint density at radius 2 is 2.32 bits per heavy atom. The Kier molecular flexibility index (Phi) is 3.50. The molecule has 1 aromatic carbocycles. The molecule has 1 aliphatic heterocycles. The van der Waals surface area contributed by atoms with Gasteiger partial charge in [-0.05, 0) is 43.0 Å². The molecule has 1 fully saturated rings. The summed E-state index contributed by atoms with van der Waals surface area (Å²) in [6.45, 7) is 1.58. The number of hydrogen-bond acceptors (Lipinski definition) is 4. The first-order chi connectivity index (χ1) is 9.26. The number of fused-ring (bicyclic) bond motifs is 1. The second-order valence-corrected chi connectivity index (χ2v) is 5.02. The number of furan rings is 1. The van der Waals surface area contributed by atoms with E-state index in [0.29, 0.717) is 11.5 Å². The minimum atomic E-state index is -0.263. The van der Waals surface area contributed by atoms with Crippen molar-refractivity contribution < 1.29 is 13.5 Å². The summed E-state index contributed by atoms with van der Waals surface area (Å²) in [5, 5.41) is 0.762. The molecule has 102 valence electrons. The molecule has 1 saturated heterocycles. The Morgan fingerprint density at radius 3 is 3.05 bits per heavy atom. The molecule has 0 amide bonds. The van der Waals surface area contributed by atoms with Crippen LogP contribution in [0.1, 0.15) is 24.6 Å². The van der Waals surface area contributed by atoms with Crippen LogP contribution in [-0.2, 0) is 4.74 Å². The van der Waals surface area contributed by atoms with E-state index in [4.69, 9.17) is 15.0 Å². The molecular formula is C14H17FN2O2. The van der Waals surface area contributed by atoms with Crippen LogP contribution in [0.4, 0.5) is 4.39 Å². The van der Waals surface area contributed by atoms with E-state index in [1.165, 1.54) is 12.1 Å². The van der Waals surface area contributed by atoms with Gasteiger partial charge < -0.3 is 9.15 Å². The average Bonchev–Trinajstić information content (AvgIpc) is 3.03. The fourth-order valence-corrected chi connectivity index (χ4v) is 2.58. The first-order valence-electron chi connectivity index (χ1n) is 6.49. The maximum atomic E-state index is 13.2. The number of hydrogen-bond donors (Lipinski definition) is 2. The highest BCUT2D eigenvalue weighted by Crippen LogP contribution is 2.30. The van der Waals surface area contributed by atoms with Crippen LogP contribution < -0.4 is 11.3 Å². The van der Waals surface area contributed by atoms with Crippen LogP contribution in [0.15, 0.2) is 28.7 Å². The Morgan fingerprint density at radius 1 is 1.42 bits per heavy atom. The summed E-state index contributed by atoms with van der Waals surface area (Å²) in [6.07, 6.45) is 1.91. The molecular weight excluding hydrogens is 247 g/mol. The molecule has 2 heterocycles. The number of ether oxygens (including phenoxy) is 1. The van der Waals surface area contributed by atoms with Crippen LogP contribution in [0, 0.1) is 11.7 Å². The van der Waals surface area contributed by atoms with E-state index < -0.39 is 0 Å². The largest absolute Gasteiger partial charge is 0.459 e. The van der Waals surface area contributed by atoms with E-state index in [9.17, 15) is 4.39 Å². The van der Waals surface area contributed by atoms with Crippen LogP contribution in [-0.4, -0.2) is 13.2 Å². The summed E-state index contributed by atoms with van der Waals surface area (Å²) >= 11 is 0. The van der Waals surface area contributed by atoms with Crippen molar-refractivity contribution >= 4 is 11.0 Å². The van der Waals surface area contributed by atoms with Crippen molar-refractivity contribution in [3.05, 3.63) is 35.8 Å². The second-order valence-electron chi connectivity index (χ2n) is 5.02. The zero-order valence-corrected chi connectivity index (χ0v) is 10.6. The van der Waals surface area contributed by atoms with Gasteiger partial charge in [-0.25, -0.2) is 9.82 Å². The van der Waals surface area contributed by atoms with Gasteiger partial charge in [-0.15, -0.1) is 0 Å². The van der Waals surface area contributed by atoms with E-state index in [0.717, 1.165) is 37.2 Å². The molecule has 1 aliphatic rings. The Hall–Kier alpha value is -1.43. The lowest BCUT2D eigenvalue weighted by Crippen LogP contribution is -2.29. The third-order valence-corrected chi connectivity index (χ3v) is 3.64. The molecule has 2 unspecified atom stereocenters. The van der Waals surface area contributed by atoms with E-state index in [-0.39, 0.29) is 11.9 Å². The summed E-state index contributed by atoms with van der Waals surface area (Å²) < 4.78 is 24.3. The highest BCUT2D eigenvalue weighted by Gasteiger charge is 2.23. The molecule has 4 nitrogen and oxygen atoms in total. The van der Waals surface area contributed by atoms with E-state index in [1.807, 2.05) is 6.07 Å². The topological polar surface area (TPSA) is 60.4 Å². The predicted octanol–water partition coefficient (Wildman–Crippen LogP) is 2.50. The molecule has 1 aromatic heterocycles. The van der Waals surface area contributed by atoms with Crippen molar-refractivity contribution in [3.63, 3.8) is 0 Å². The zero-order valence-electron chi connectivity index (χ0n) is 10.6. The molecule has 0 spiro atoms. The average molecular weight is 264 g/mol. The number of nitrogens with one attached hydrogen (secondary N) is 1. The second kappa shape index (κ2) is 5.28. The zero-order chi connectivity index (χ0) is 13.2. The van der Waals surface area contributed by atoms with Crippen molar-refractivity contribution in [3.8, 4) is 0 Å². The fourth-order valence-electron chi connectivity index (χ4n) is 2.58. The van der Waals surface area contributed by atoms with Gasteiger partial charge in [0.05, 0.1) is 6.04 Å². The molecule has 0 bridgehead atoms. The molecule has 3 N–H and O–H groups in total. The molecule has 0 saturated carbocycles. The lowest BCUT2D eigenvalue weighted by atomic mass is 9.98. The van der Waals surface area contributed by atoms with Crippen molar-refractivity contribution in [1.82, 2.24) is 5.43 Å². The summed E-state index contributed by atoms with van der Waals surface area (Å²) in [6, 6.07) is 6.28. The van der Waals surface area contributed by atoms with Gasteiger partial charge in [0, 0.05) is 18.6 Å². The van der Waals surface area contributed by atoms with Crippen molar-refractivity contribution in [2.45, 2.75) is 18.9 Å². The molecule has 19 heavy (non-hydrogen) atoms. The van der Waals surface area contributed by atoms with Crippen molar-refractivity contribution in [2.24, 2.45) is 11.8 Å². The van der Waals surface area contributed by atoms with E-state index in [1.54, 1.807) is 6.07 Å². The van der Waals surface area contributed by atoms with Gasteiger partial charge in [0.25, 0.3) is 0 Å². The number of hydrazine groups is 1. The fraction of sp³-hybridized carbons (Fsp3) is 0.429. The van der Waals surface area contributed by atoms with E-state index in [2.05, 4.69) is 5.43 Å². The highest BCUT2D eigenvalue weighted by molar-refractivity contribution is 5.78. The third-order valence-electron chi connectivity index (χ3n) is 3.64. The molecule has 2 aromatic rings. The summed E-state index contributed by atoms with van der Waals surface area (Å²) in [4.78, 5) is 0. The van der Waals surface area contributed by atoms with Crippen molar-refractivity contribution in [1.29, 1.82) is 0 Å². The maximum Gasteiger partial charge on any atom is 0.134 e. The number of halogens is 1. The SMILES string of the molecule is NNC(CC1CCOC1)c1cc2cc(F)ccc2o1. The van der Waals surface area contributed by atoms with Gasteiger partial charge in [-0.1, -0.05) is 0 Å². The molecule has 5 heteroatoms. The minimum absolute atomic E-state index is 0.0674. The molecule has 0 aliphatic carbocycles. The van der Waals surface area contributed by atoms with Gasteiger partial charge in [0.2, 0.25) is 0 Å². The first-order valence-corrected chi connectivity index (χ1v) is 6.49. The standard InChI is InChI=1S/C14H17FN2O2/c15-11-1-2-13-10(6-11)7-14(19-13)12(17-16)5-9-3-4-18-8-9/h1-2,6-7,9,12,17H,3-5,8,16H2. The summed E-state index contributed by atoms with van der Waals surface area (Å²) in [5.74, 6) is 6.58. The maximum absolute atomic E-state index is 13.2. The van der Waals surface area contributed by atoms with Gasteiger partial charge in [0.1, 0.15) is 17.2 Å². The van der Waals surface area contributed by atoms with Gasteiger partial charge >= 0.3 is 0 Å². The molecule has 0 radical (unpaired) electrons. The number of benzene rings is 1. The summed E-state index contributed by atoms with van der Waals surface area (Å²) in [7, 11) is 0. The molecule has 3 rings (SSSR count). The Bertz CT molecular complexity index is 564. The van der Waals surface area contributed by atoms with Crippen LogP contribution in [0.25, 0.3) is 11.0 Å². The lowest BCUT2D eigenvalue weighted by molar-refractivity contribution is 0.180. The smallest absolute Gasteiger partial charge is 0.134 e. The normalized spacial score (nSPS) is 21.1. The van der Waals surface area contributed by atoms with Crippen LogP contribution in [0.2, 0.25) is 0 Å². The van der Waals surface area contributed by atoms with Gasteiger partial charge in [-0.3, -0.25) is 5.84 Å². The predicted molar refractivity (Wildman–Crippen MR) is 69.8 cm³/mol. The Labute approximate surface area is 110 Å². The minimum Gasteiger partial charge on any atom is -0.459 e. The highest BCUT2D eigenvalue weighted by atomic mass is 19.1. The number of rotatable bonds is 4. The lowest BCUT2D eigenvalue weighted by Gasteiger charge is -2.16. The number of nitrogens with two attached hydrogens (primary N) is 1. The quantitative estimate of drug-likeness (QED) is 0.658. The summed E-state index contributed by atoms with van der Waals surface area (Å²) in [5.41, 5.74) is 3.46. The molecule has 2 atom stereocenters. The van der Waals surface area contributed by atoms with E-state index >= 15 is 0 Å². The van der Waals surface area contributed by atoms with Crippen LogP contribution in [0.3, 0.4) is 0 Å². The van der Waals surface area contributed by atoms with Crippen LogP contribution in [0.5, 0.6) is 0 Å². The van der Waals surface area contributed by atoms with Crippen molar-refractivity contribution in [2.75, 3.05) is 13.2 Å². The van der Waals surface area contributed by atoms with Gasteiger partial charge in [-0.2, -0.15) is 0 Å². The van der Waals surface area contributed by atoms with Crippen LogP contribution >= 0.6 is 0 Å². The third kappa shape index (κ3) is 2.63. The van der Waals surface area contributed by atoms with Gasteiger partial charge in [0.15, 0.2) is 0 Å².